The van der Waals surface area contributed by atoms with Crippen molar-refractivity contribution in [3.8, 4) is 0 Å². The first-order chi connectivity index (χ1) is 7.95. The number of carbonyl (C=O) groups excluding carboxylic acids is 2. The lowest BCUT2D eigenvalue weighted by atomic mass is 10.1. The molecular weight excluding hydrogens is 228 g/mol. The summed E-state index contributed by atoms with van der Waals surface area (Å²) in [6.07, 6.45) is -1.86. The maximum atomic E-state index is 11.0. The molecule has 4 unspecified atom stereocenters. The molecule has 6 heteroatoms. The third-order valence-corrected chi connectivity index (χ3v) is 2.56. The van der Waals surface area contributed by atoms with E-state index in [4.69, 9.17) is 18.9 Å². The summed E-state index contributed by atoms with van der Waals surface area (Å²) in [6.45, 7) is 4.64. The van der Waals surface area contributed by atoms with Gasteiger partial charge in [0, 0.05) is 21.0 Å². The van der Waals surface area contributed by atoms with Gasteiger partial charge in [0.2, 0.25) is 0 Å². The molecule has 1 fully saturated rings. The maximum Gasteiger partial charge on any atom is 0.303 e. The van der Waals surface area contributed by atoms with Crippen molar-refractivity contribution in [3.05, 3.63) is 0 Å². The number of methoxy groups -OCH3 is 1. The normalized spacial score (nSPS) is 29.8. The van der Waals surface area contributed by atoms with E-state index in [0.29, 0.717) is 6.61 Å². The predicted octanol–water partition coefficient (Wildman–Crippen LogP) is 0.283. The van der Waals surface area contributed by atoms with Crippen LogP contribution in [0.5, 0.6) is 0 Å². The Morgan fingerprint density at radius 2 is 1.94 bits per heavy atom. The van der Waals surface area contributed by atoms with Crippen molar-refractivity contribution >= 4 is 11.9 Å². The third kappa shape index (κ3) is 3.67. The molecule has 0 aromatic heterocycles. The summed E-state index contributed by atoms with van der Waals surface area (Å²) in [5.74, 6) is -0.814. The zero-order valence-corrected chi connectivity index (χ0v) is 10.5. The average molecular weight is 246 g/mol. The van der Waals surface area contributed by atoms with E-state index < -0.39 is 30.3 Å². The van der Waals surface area contributed by atoms with Gasteiger partial charge in [0.15, 0.2) is 6.10 Å². The van der Waals surface area contributed by atoms with Crippen molar-refractivity contribution in [2.45, 2.75) is 45.2 Å². The largest absolute Gasteiger partial charge is 0.460 e. The van der Waals surface area contributed by atoms with Crippen LogP contribution < -0.4 is 0 Å². The van der Waals surface area contributed by atoms with Crippen LogP contribution >= 0.6 is 0 Å². The fraction of sp³-hybridized carbons (Fsp3) is 0.818. The number of hydrogen-bond acceptors (Lipinski definition) is 6. The Bertz CT molecular complexity index is 290. The van der Waals surface area contributed by atoms with Crippen LogP contribution in [0, 0.1) is 0 Å². The van der Waals surface area contributed by atoms with E-state index in [1.807, 2.05) is 0 Å². The van der Waals surface area contributed by atoms with Crippen LogP contribution in [-0.2, 0) is 28.5 Å². The van der Waals surface area contributed by atoms with Crippen LogP contribution in [0.4, 0.5) is 0 Å². The lowest BCUT2D eigenvalue weighted by Gasteiger charge is -2.25. The van der Waals surface area contributed by atoms with E-state index in [1.54, 1.807) is 6.92 Å². The summed E-state index contributed by atoms with van der Waals surface area (Å²) in [5, 5.41) is 0. The van der Waals surface area contributed by atoms with Crippen molar-refractivity contribution in [1.29, 1.82) is 0 Å². The Balaban J connectivity index is 2.69. The standard InChI is InChI=1S/C11H18O6/c1-6(16-7(2)12)10-11(17-8(3)13)9(14-4)5-15-10/h6,9-11H,5H2,1-4H3. The molecule has 1 aliphatic rings. The van der Waals surface area contributed by atoms with Gasteiger partial charge in [-0.25, -0.2) is 0 Å². The van der Waals surface area contributed by atoms with Gasteiger partial charge in [0.05, 0.1) is 6.61 Å². The Labute approximate surface area is 100 Å². The second-order valence-electron chi connectivity index (χ2n) is 3.96. The highest BCUT2D eigenvalue weighted by Crippen LogP contribution is 2.24. The summed E-state index contributed by atoms with van der Waals surface area (Å²) in [4.78, 5) is 21.9. The zero-order valence-electron chi connectivity index (χ0n) is 10.5. The molecule has 0 aromatic rings. The average Bonchev–Trinajstić information content (AvgIpc) is 2.58. The topological polar surface area (TPSA) is 71.1 Å². The first-order valence-corrected chi connectivity index (χ1v) is 5.44. The molecule has 0 N–H and O–H groups in total. The zero-order chi connectivity index (χ0) is 13.0. The smallest absolute Gasteiger partial charge is 0.303 e. The van der Waals surface area contributed by atoms with E-state index in [9.17, 15) is 9.59 Å². The van der Waals surface area contributed by atoms with Gasteiger partial charge in [-0.05, 0) is 6.92 Å². The van der Waals surface area contributed by atoms with E-state index in [0.717, 1.165) is 0 Å². The van der Waals surface area contributed by atoms with Crippen molar-refractivity contribution in [1.82, 2.24) is 0 Å². The lowest BCUT2D eigenvalue weighted by Crippen LogP contribution is -2.42. The minimum Gasteiger partial charge on any atom is -0.460 e. The Kier molecular flexibility index (Phi) is 4.89. The van der Waals surface area contributed by atoms with Gasteiger partial charge in [-0.1, -0.05) is 0 Å². The van der Waals surface area contributed by atoms with Crippen molar-refractivity contribution in [2.24, 2.45) is 0 Å². The van der Waals surface area contributed by atoms with Gasteiger partial charge in [0.1, 0.15) is 18.3 Å². The summed E-state index contributed by atoms with van der Waals surface area (Å²) in [6, 6.07) is 0. The predicted molar refractivity (Wildman–Crippen MR) is 57.3 cm³/mol. The van der Waals surface area contributed by atoms with Gasteiger partial charge in [-0.3, -0.25) is 9.59 Å². The number of ether oxygens (including phenoxy) is 4. The molecule has 98 valence electrons. The molecular formula is C11H18O6. The van der Waals surface area contributed by atoms with Gasteiger partial charge < -0.3 is 18.9 Å². The highest BCUT2D eigenvalue weighted by molar-refractivity contribution is 5.67. The van der Waals surface area contributed by atoms with Crippen LogP contribution in [0.15, 0.2) is 0 Å². The SMILES string of the molecule is COC1COC(C(C)OC(C)=O)C1OC(C)=O. The second kappa shape index (κ2) is 5.97. The fourth-order valence-corrected chi connectivity index (χ4v) is 1.88. The van der Waals surface area contributed by atoms with Gasteiger partial charge in [-0.15, -0.1) is 0 Å². The fourth-order valence-electron chi connectivity index (χ4n) is 1.88. The van der Waals surface area contributed by atoms with E-state index in [-0.39, 0.29) is 6.10 Å². The third-order valence-electron chi connectivity index (χ3n) is 2.56. The maximum absolute atomic E-state index is 11.0. The van der Waals surface area contributed by atoms with E-state index in [2.05, 4.69) is 0 Å². The molecule has 0 aromatic carbocycles. The molecule has 0 aliphatic carbocycles. The lowest BCUT2D eigenvalue weighted by molar-refractivity contribution is -0.164. The van der Waals surface area contributed by atoms with Crippen LogP contribution in [0.25, 0.3) is 0 Å². The molecule has 0 amide bonds. The molecule has 4 atom stereocenters. The number of carbonyl (C=O) groups is 2. The first kappa shape index (κ1) is 13.9. The van der Waals surface area contributed by atoms with E-state index >= 15 is 0 Å². The summed E-state index contributed by atoms with van der Waals surface area (Å²) >= 11 is 0. The van der Waals surface area contributed by atoms with Crippen molar-refractivity contribution in [3.63, 3.8) is 0 Å². The van der Waals surface area contributed by atoms with Crippen LogP contribution in [0.2, 0.25) is 0 Å². The number of rotatable bonds is 4. The summed E-state index contributed by atoms with van der Waals surface area (Å²) in [7, 11) is 1.52. The van der Waals surface area contributed by atoms with Crippen LogP contribution in [0.3, 0.4) is 0 Å². The molecule has 1 aliphatic heterocycles. The first-order valence-electron chi connectivity index (χ1n) is 5.44. The monoisotopic (exact) mass is 246 g/mol. The summed E-state index contributed by atoms with van der Waals surface area (Å²) in [5.41, 5.74) is 0. The van der Waals surface area contributed by atoms with Crippen LogP contribution in [-0.4, -0.2) is 50.1 Å². The molecule has 1 heterocycles. The Hall–Kier alpha value is -1.14. The molecule has 1 rings (SSSR count). The molecule has 17 heavy (non-hydrogen) atoms. The molecule has 0 bridgehead atoms. The van der Waals surface area contributed by atoms with Gasteiger partial charge in [-0.2, -0.15) is 0 Å². The molecule has 6 nitrogen and oxygen atoms in total. The quantitative estimate of drug-likeness (QED) is 0.664. The molecule has 0 radical (unpaired) electrons. The highest BCUT2D eigenvalue weighted by Gasteiger charge is 2.44. The number of esters is 2. The minimum atomic E-state index is -0.549. The Morgan fingerprint density at radius 1 is 1.29 bits per heavy atom. The molecule has 1 saturated heterocycles. The van der Waals surface area contributed by atoms with Crippen LogP contribution in [0.1, 0.15) is 20.8 Å². The van der Waals surface area contributed by atoms with Gasteiger partial charge in [0.25, 0.3) is 0 Å². The van der Waals surface area contributed by atoms with Crippen molar-refractivity contribution in [2.75, 3.05) is 13.7 Å². The van der Waals surface area contributed by atoms with Crippen molar-refractivity contribution < 1.29 is 28.5 Å². The molecule has 0 saturated carbocycles. The summed E-state index contributed by atoms with van der Waals surface area (Å²) < 4.78 is 20.8. The second-order valence-corrected chi connectivity index (χ2v) is 3.96. The Morgan fingerprint density at radius 3 is 2.41 bits per heavy atom. The number of hydrogen-bond donors (Lipinski definition) is 0. The highest BCUT2D eigenvalue weighted by atomic mass is 16.6. The van der Waals surface area contributed by atoms with E-state index in [1.165, 1.54) is 21.0 Å². The molecule has 0 spiro atoms. The van der Waals surface area contributed by atoms with Gasteiger partial charge >= 0.3 is 11.9 Å². The minimum absolute atomic E-state index is 0.310.